The standard InChI is InChI=1S/C12H22ClN5O/c1-6-18(7-2)11-15-9(13)14-10(16-11)17(5)12(3,4)8-19/h19H,6-8H2,1-5H3. The van der Waals surface area contributed by atoms with Crippen LogP contribution in [0.2, 0.25) is 5.28 Å². The third-order valence-corrected chi connectivity index (χ3v) is 3.39. The predicted octanol–water partition coefficient (Wildman–Crippen LogP) is 1.58. The molecule has 0 saturated heterocycles. The molecule has 108 valence electrons. The highest BCUT2D eigenvalue weighted by molar-refractivity contribution is 6.28. The molecule has 0 radical (unpaired) electrons. The monoisotopic (exact) mass is 287 g/mol. The first kappa shape index (κ1) is 15.9. The van der Waals surface area contributed by atoms with Crippen molar-refractivity contribution in [1.29, 1.82) is 0 Å². The largest absolute Gasteiger partial charge is 0.394 e. The van der Waals surface area contributed by atoms with Crippen LogP contribution in [0.5, 0.6) is 0 Å². The van der Waals surface area contributed by atoms with Gasteiger partial charge >= 0.3 is 0 Å². The van der Waals surface area contributed by atoms with Crippen LogP contribution in [-0.2, 0) is 0 Å². The fourth-order valence-electron chi connectivity index (χ4n) is 1.50. The van der Waals surface area contributed by atoms with Crippen molar-refractivity contribution in [2.75, 3.05) is 36.5 Å². The lowest BCUT2D eigenvalue weighted by Gasteiger charge is -2.34. The Labute approximate surface area is 119 Å². The summed E-state index contributed by atoms with van der Waals surface area (Å²) in [5, 5.41) is 9.57. The van der Waals surface area contributed by atoms with E-state index in [1.807, 2.05) is 39.6 Å². The van der Waals surface area contributed by atoms with Crippen molar-refractivity contribution in [1.82, 2.24) is 15.0 Å². The molecular formula is C12H22ClN5O. The van der Waals surface area contributed by atoms with Crippen LogP contribution in [0.25, 0.3) is 0 Å². The molecule has 0 aromatic carbocycles. The molecule has 7 heteroatoms. The van der Waals surface area contributed by atoms with Crippen molar-refractivity contribution in [2.24, 2.45) is 0 Å². The van der Waals surface area contributed by atoms with E-state index in [0.29, 0.717) is 11.9 Å². The Kier molecular flexibility index (Phi) is 5.31. The van der Waals surface area contributed by atoms with Crippen LogP contribution in [0.3, 0.4) is 0 Å². The number of rotatable bonds is 6. The van der Waals surface area contributed by atoms with Gasteiger partial charge in [-0.05, 0) is 39.3 Å². The highest BCUT2D eigenvalue weighted by Crippen LogP contribution is 2.21. The molecule has 19 heavy (non-hydrogen) atoms. The Morgan fingerprint density at radius 3 is 2.11 bits per heavy atom. The molecule has 1 aromatic heterocycles. The molecule has 0 amide bonds. The number of anilines is 2. The SMILES string of the molecule is CCN(CC)c1nc(Cl)nc(N(C)C(C)(C)CO)n1. The first-order chi connectivity index (χ1) is 8.85. The van der Waals surface area contributed by atoms with Crippen LogP contribution in [0.15, 0.2) is 0 Å². The zero-order chi connectivity index (χ0) is 14.6. The van der Waals surface area contributed by atoms with E-state index >= 15 is 0 Å². The maximum Gasteiger partial charge on any atom is 0.231 e. The number of aliphatic hydroxyl groups excluding tert-OH is 1. The molecule has 0 aliphatic rings. The second-order valence-electron chi connectivity index (χ2n) is 4.91. The van der Waals surface area contributed by atoms with E-state index in [0.717, 1.165) is 13.1 Å². The number of hydrogen-bond donors (Lipinski definition) is 1. The number of aliphatic hydroxyl groups is 1. The normalized spacial score (nSPS) is 11.5. The Morgan fingerprint density at radius 2 is 1.63 bits per heavy atom. The smallest absolute Gasteiger partial charge is 0.231 e. The molecule has 0 unspecified atom stereocenters. The third kappa shape index (κ3) is 3.67. The van der Waals surface area contributed by atoms with E-state index in [1.165, 1.54) is 0 Å². The van der Waals surface area contributed by atoms with Gasteiger partial charge in [-0.2, -0.15) is 15.0 Å². The van der Waals surface area contributed by atoms with Crippen molar-refractivity contribution < 1.29 is 5.11 Å². The third-order valence-electron chi connectivity index (χ3n) is 3.23. The molecule has 6 nitrogen and oxygen atoms in total. The van der Waals surface area contributed by atoms with E-state index in [1.54, 1.807) is 4.90 Å². The van der Waals surface area contributed by atoms with E-state index < -0.39 is 5.54 Å². The molecule has 0 aliphatic carbocycles. The number of aromatic nitrogens is 3. The van der Waals surface area contributed by atoms with Crippen LogP contribution >= 0.6 is 11.6 Å². The molecule has 1 N–H and O–H groups in total. The Balaban J connectivity index is 3.16. The molecule has 0 fully saturated rings. The van der Waals surface area contributed by atoms with Gasteiger partial charge in [-0.25, -0.2) is 0 Å². The lowest BCUT2D eigenvalue weighted by atomic mass is 10.1. The molecule has 0 spiro atoms. The Hall–Kier alpha value is -1.14. The van der Waals surface area contributed by atoms with Crippen molar-refractivity contribution in [3.8, 4) is 0 Å². The summed E-state index contributed by atoms with van der Waals surface area (Å²) < 4.78 is 0. The number of halogens is 1. The fourth-order valence-corrected chi connectivity index (χ4v) is 1.66. The average molecular weight is 288 g/mol. The van der Waals surface area contributed by atoms with Gasteiger partial charge in [-0.3, -0.25) is 0 Å². The molecule has 0 aliphatic heterocycles. The van der Waals surface area contributed by atoms with Crippen LogP contribution < -0.4 is 9.80 Å². The van der Waals surface area contributed by atoms with E-state index in [2.05, 4.69) is 15.0 Å². The van der Waals surface area contributed by atoms with Crippen molar-refractivity contribution in [2.45, 2.75) is 33.2 Å². The quantitative estimate of drug-likeness (QED) is 0.857. The highest BCUT2D eigenvalue weighted by atomic mass is 35.5. The zero-order valence-electron chi connectivity index (χ0n) is 12.2. The van der Waals surface area contributed by atoms with Gasteiger partial charge < -0.3 is 14.9 Å². The summed E-state index contributed by atoms with van der Waals surface area (Å²) in [6.45, 7) is 9.45. The topological polar surface area (TPSA) is 65.4 Å². The highest BCUT2D eigenvalue weighted by Gasteiger charge is 2.26. The van der Waals surface area contributed by atoms with Crippen molar-refractivity contribution in [3.05, 3.63) is 5.28 Å². The van der Waals surface area contributed by atoms with E-state index in [-0.39, 0.29) is 11.9 Å². The summed E-state index contributed by atoms with van der Waals surface area (Å²) in [5.74, 6) is 1.02. The fraction of sp³-hybridized carbons (Fsp3) is 0.750. The first-order valence-corrected chi connectivity index (χ1v) is 6.74. The minimum Gasteiger partial charge on any atom is -0.394 e. The minimum absolute atomic E-state index is 0.00654. The van der Waals surface area contributed by atoms with Gasteiger partial charge in [0.25, 0.3) is 0 Å². The maximum atomic E-state index is 9.41. The van der Waals surface area contributed by atoms with Gasteiger partial charge in [0, 0.05) is 20.1 Å². The number of hydrogen-bond acceptors (Lipinski definition) is 6. The summed E-state index contributed by atoms with van der Waals surface area (Å²) in [4.78, 5) is 16.5. The van der Waals surface area contributed by atoms with Gasteiger partial charge in [-0.15, -0.1) is 0 Å². The lowest BCUT2D eigenvalue weighted by Crippen LogP contribution is -2.45. The maximum absolute atomic E-state index is 9.41. The Bertz CT molecular complexity index is 423. The van der Waals surface area contributed by atoms with Gasteiger partial charge in [-0.1, -0.05) is 0 Å². The molecular weight excluding hydrogens is 266 g/mol. The molecule has 1 heterocycles. The van der Waals surface area contributed by atoms with Crippen molar-refractivity contribution in [3.63, 3.8) is 0 Å². The van der Waals surface area contributed by atoms with E-state index in [9.17, 15) is 5.11 Å². The summed E-state index contributed by atoms with van der Waals surface area (Å²) in [7, 11) is 1.83. The molecule has 0 atom stereocenters. The second kappa shape index (κ2) is 6.34. The summed E-state index contributed by atoms with van der Waals surface area (Å²) in [6.07, 6.45) is 0. The molecule has 0 saturated carbocycles. The van der Waals surface area contributed by atoms with Gasteiger partial charge in [0.15, 0.2) is 0 Å². The Morgan fingerprint density at radius 1 is 1.11 bits per heavy atom. The van der Waals surface area contributed by atoms with E-state index in [4.69, 9.17) is 11.6 Å². The van der Waals surface area contributed by atoms with Crippen LogP contribution in [0.4, 0.5) is 11.9 Å². The lowest BCUT2D eigenvalue weighted by molar-refractivity contribution is 0.215. The molecule has 1 rings (SSSR count). The van der Waals surface area contributed by atoms with Crippen LogP contribution in [-0.4, -0.2) is 52.3 Å². The van der Waals surface area contributed by atoms with Gasteiger partial charge in [0.1, 0.15) is 0 Å². The van der Waals surface area contributed by atoms with Gasteiger partial charge in [0.05, 0.1) is 12.1 Å². The van der Waals surface area contributed by atoms with Crippen molar-refractivity contribution >= 4 is 23.5 Å². The minimum atomic E-state index is -0.467. The average Bonchev–Trinajstić information content (AvgIpc) is 2.38. The number of nitrogens with zero attached hydrogens (tertiary/aromatic N) is 5. The summed E-state index contributed by atoms with van der Waals surface area (Å²) >= 11 is 5.97. The zero-order valence-corrected chi connectivity index (χ0v) is 12.9. The van der Waals surface area contributed by atoms with Crippen LogP contribution in [0.1, 0.15) is 27.7 Å². The second-order valence-corrected chi connectivity index (χ2v) is 5.24. The number of likely N-dealkylation sites (N-methyl/N-ethyl adjacent to an activating group) is 1. The van der Waals surface area contributed by atoms with Gasteiger partial charge in [0.2, 0.25) is 17.2 Å². The predicted molar refractivity (Wildman–Crippen MR) is 78.0 cm³/mol. The van der Waals surface area contributed by atoms with Crippen LogP contribution in [0, 0.1) is 0 Å². The summed E-state index contributed by atoms with van der Waals surface area (Å²) in [6, 6.07) is 0. The summed E-state index contributed by atoms with van der Waals surface area (Å²) in [5.41, 5.74) is -0.467. The molecule has 1 aromatic rings. The first-order valence-electron chi connectivity index (χ1n) is 6.37. The molecule has 0 bridgehead atoms.